The van der Waals surface area contributed by atoms with Crippen molar-refractivity contribution in [3.8, 4) is 5.75 Å². The van der Waals surface area contributed by atoms with Crippen LogP contribution in [0.5, 0.6) is 5.75 Å². The second kappa shape index (κ2) is 8.53. The molecule has 19 heavy (non-hydrogen) atoms. The van der Waals surface area contributed by atoms with Gasteiger partial charge in [0, 0.05) is 31.6 Å². The summed E-state index contributed by atoms with van der Waals surface area (Å²) in [6.45, 7) is 6.24. The lowest BCUT2D eigenvalue weighted by atomic mass is 10.1. The molecule has 106 valence electrons. The van der Waals surface area contributed by atoms with Crippen molar-refractivity contribution in [3.05, 3.63) is 29.3 Å². The summed E-state index contributed by atoms with van der Waals surface area (Å²) in [6, 6.07) is 6.10. The monoisotopic (exact) mass is 264 g/mol. The number of ether oxygens (including phenoxy) is 1. The molecule has 0 aromatic heterocycles. The van der Waals surface area contributed by atoms with Gasteiger partial charge >= 0.3 is 0 Å². The van der Waals surface area contributed by atoms with Crippen LogP contribution in [0, 0.1) is 6.92 Å². The number of amides is 1. The lowest BCUT2D eigenvalue weighted by Gasteiger charge is -2.10. The third-order valence-corrected chi connectivity index (χ3v) is 2.85. The molecule has 0 saturated heterocycles. The highest BCUT2D eigenvalue weighted by Crippen LogP contribution is 2.19. The number of nitrogens with one attached hydrogen (secondary N) is 2. The van der Waals surface area contributed by atoms with Crippen LogP contribution in [-0.2, 0) is 11.3 Å². The summed E-state index contributed by atoms with van der Waals surface area (Å²) in [5, 5.41) is 6.13. The lowest BCUT2D eigenvalue weighted by molar-refractivity contribution is -0.120. The van der Waals surface area contributed by atoms with Crippen molar-refractivity contribution in [1.82, 2.24) is 10.6 Å². The first-order valence-electron chi connectivity index (χ1n) is 6.78. The van der Waals surface area contributed by atoms with E-state index in [-0.39, 0.29) is 5.91 Å². The highest BCUT2D eigenvalue weighted by molar-refractivity contribution is 5.75. The molecule has 4 nitrogen and oxygen atoms in total. The topological polar surface area (TPSA) is 50.4 Å². The predicted molar refractivity (Wildman–Crippen MR) is 77.4 cm³/mol. The molecule has 0 radical (unpaired) electrons. The Morgan fingerprint density at radius 1 is 1.32 bits per heavy atom. The van der Waals surface area contributed by atoms with Gasteiger partial charge in [0.1, 0.15) is 5.75 Å². The Kier molecular flexibility index (Phi) is 6.97. The number of hydrogen-bond acceptors (Lipinski definition) is 3. The molecule has 0 bridgehead atoms. The fourth-order valence-electron chi connectivity index (χ4n) is 1.82. The van der Waals surface area contributed by atoms with Gasteiger partial charge in [-0.25, -0.2) is 0 Å². The van der Waals surface area contributed by atoms with Crippen molar-refractivity contribution in [1.29, 1.82) is 0 Å². The van der Waals surface area contributed by atoms with Crippen LogP contribution in [0.3, 0.4) is 0 Å². The molecular weight excluding hydrogens is 240 g/mol. The number of methoxy groups -OCH3 is 1. The zero-order chi connectivity index (χ0) is 14.1. The molecule has 1 aromatic rings. The van der Waals surface area contributed by atoms with E-state index < -0.39 is 0 Å². The van der Waals surface area contributed by atoms with Gasteiger partial charge in [0.05, 0.1) is 7.11 Å². The van der Waals surface area contributed by atoms with E-state index in [0.29, 0.717) is 19.5 Å². The standard InChI is InChI=1S/C15H24N2O2/c1-4-8-17-15(18)7-9-16-11-13-10-12(2)5-6-14(13)19-3/h5-6,10,16H,4,7-9,11H2,1-3H3,(H,17,18). The fourth-order valence-corrected chi connectivity index (χ4v) is 1.82. The van der Waals surface area contributed by atoms with Gasteiger partial charge in [-0.15, -0.1) is 0 Å². The van der Waals surface area contributed by atoms with Gasteiger partial charge in [-0.1, -0.05) is 24.6 Å². The van der Waals surface area contributed by atoms with E-state index in [1.165, 1.54) is 5.56 Å². The molecular formula is C15H24N2O2. The molecule has 0 saturated carbocycles. The average Bonchev–Trinajstić information content (AvgIpc) is 2.41. The summed E-state index contributed by atoms with van der Waals surface area (Å²) in [6.07, 6.45) is 1.48. The fraction of sp³-hybridized carbons (Fsp3) is 0.533. The van der Waals surface area contributed by atoms with E-state index in [2.05, 4.69) is 23.6 Å². The second-order valence-corrected chi connectivity index (χ2v) is 4.59. The maximum Gasteiger partial charge on any atom is 0.221 e. The maximum atomic E-state index is 11.4. The van der Waals surface area contributed by atoms with Crippen LogP contribution in [0.25, 0.3) is 0 Å². The Labute approximate surface area is 115 Å². The number of rotatable bonds is 8. The minimum Gasteiger partial charge on any atom is -0.496 e. The maximum absolute atomic E-state index is 11.4. The van der Waals surface area contributed by atoms with Gasteiger partial charge < -0.3 is 15.4 Å². The normalized spacial score (nSPS) is 10.3. The SMILES string of the molecule is CCCNC(=O)CCNCc1cc(C)ccc1OC. The van der Waals surface area contributed by atoms with Crippen LogP contribution < -0.4 is 15.4 Å². The molecule has 0 spiro atoms. The summed E-state index contributed by atoms with van der Waals surface area (Å²) in [5.74, 6) is 0.985. The summed E-state index contributed by atoms with van der Waals surface area (Å²) >= 11 is 0. The minimum absolute atomic E-state index is 0.102. The van der Waals surface area contributed by atoms with Crippen molar-refractivity contribution < 1.29 is 9.53 Å². The Bertz CT molecular complexity index is 405. The van der Waals surface area contributed by atoms with E-state index in [1.807, 2.05) is 19.1 Å². The molecule has 0 atom stereocenters. The number of carbonyl (C=O) groups is 1. The first-order valence-corrected chi connectivity index (χ1v) is 6.78. The van der Waals surface area contributed by atoms with Gasteiger partial charge in [0.15, 0.2) is 0 Å². The Balaban J connectivity index is 2.33. The molecule has 1 rings (SSSR count). The van der Waals surface area contributed by atoms with Gasteiger partial charge in [0.2, 0.25) is 5.91 Å². The third kappa shape index (κ3) is 5.75. The third-order valence-electron chi connectivity index (χ3n) is 2.85. The highest BCUT2D eigenvalue weighted by Gasteiger charge is 2.04. The van der Waals surface area contributed by atoms with E-state index in [0.717, 1.165) is 24.3 Å². The van der Waals surface area contributed by atoms with Gasteiger partial charge in [-0.2, -0.15) is 0 Å². The number of carbonyl (C=O) groups excluding carboxylic acids is 1. The van der Waals surface area contributed by atoms with E-state index in [9.17, 15) is 4.79 Å². The summed E-state index contributed by atoms with van der Waals surface area (Å²) in [5.41, 5.74) is 2.33. The molecule has 0 unspecified atom stereocenters. The van der Waals surface area contributed by atoms with Gasteiger partial charge in [0.25, 0.3) is 0 Å². The average molecular weight is 264 g/mol. The zero-order valence-corrected chi connectivity index (χ0v) is 12.1. The molecule has 1 amide bonds. The molecule has 0 aliphatic carbocycles. The van der Waals surface area contributed by atoms with E-state index >= 15 is 0 Å². The predicted octanol–water partition coefficient (Wildman–Crippen LogP) is 2.01. The molecule has 0 heterocycles. The highest BCUT2D eigenvalue weighted by atomic mass is 16.5. The summed E-state index contributed by atoms with van der Waals surface area (Å²) in [7, 11) is 1.67. The quantitative estimate of drug-likeness (QED) is 0.706. The largest absolute Gasteiger partial charge is 0.496 e. The number of hydrogen-bond donors (Lipinski definition) is 2. The Morgan fingerprint density at radius 2 is 2.11 bits per heavy atom. The van der Waals surface area contributed by atoms with Gasteiger partial charge in [-0.3, -0.25) is 4.79 Å². The molecule has 0 aliphatic rings. The van der Waals surface area contributed by atoms with Crippen LogP contribution in [0.2, 0.25) is 0 Å². The number of aryl methyl sites for hydroxylation is 1. The zero-order valence-electron chi connectivity index (χ0n) is 12.1. The van der Waals surface area contributed by atoms with Crippen molar-refractivity contribution in [2.45, 2.75) is 33.2 Å². The van der Waals surface area contributed by atoms with Crippen molar-refractivity contribution in [2.24, 2.45) is 0 Å². The minimum atomic E-state index is 0.102. The van der Waals surface area contributed by atoms with Crippen molar-refractivity contribution >= 4 is 5.91 Å². The van der Waals surface area contributed by atoms with E-state index in [1.54, 1.807) is 7.11 Å². The molecule has 4 heteroatoms. The van der Waals surface area contributed by atoms with Crippen LogP contribution >= 0.6 is 0 Å². The summed E-state index contributed by atoms with van der Waals surface area (Å²) < 4.78 is 5.31. The van der Waals surface area contributed by atoms with Crippen LogP contribution in [0.15, 0.2) is 18.2 Å². The van der Waals surface area contributed by atoms with Crippen LogP contribution in [-0.4, -0.2) is 26.1 Å². The van der Waals surface area contributed by atoms with Crippen LogP contribution in [0.4, 0.5) is 0 Å². The first-order chi connectivity index (χ1) is 9.17. The first kappa shape index (κ1) is 15.5. The molecule has 0 fully saturated rings. The Morgan fingerprint density at radius 3 is 2.79 bits per heavy atom. The van der Waals surface area contributed by atoms with Crippen LogP contribution in [0.1, 0.15) is 30.9 Å². The second-order valence-electron chi connectivity index (χ2n) is 4.59. The van der Waals surface area contributed by atoms with Crippen molar-refractivity contribution in [2.75, 3.05) is 20.2 Å². The van der Waals surface area contributed by atoms with E-state index in [4.69, 9.17) is 4.74 Å². The number of benzene rings is 1. The Hall–Kier alpha value is -1.55. The smallest absolute Gasteiger partial charge is 0.221 e. The molecule has 2 N–H and O–H groups in total. The molecule has 1 aromatic carbocycles. The van der Waals surface area contributed by atoms with Crippen molar-refractivity contribution in [3.63, 3.8) is 0 Å². The molecule has 0 aliphatic heterocycles. The lowest BCUT2D eigenvalue weighted by Crippen LogP contribution is -2.28. The summed E-state index contributed by atoms with van der Waals surface area (Å²) in [4.78, 5) is 11.4. The van der Waals surface area contributed by atoms with Gasteiger partial charge in [-0.05, 0) is 19.4 Å².